The van der Waals surface area contributed by atoms with Crippen LogP contribution in [0.1, 0.15) is 52.9 Å². The van der Waals surface area contributed by atoms with Gasteiger partial charge in [-0.05, 0) is 103 Å². The first-order valence-corrected chi connectivity index (χ1v) is 8.82. The highest BCUT2D eigenvalue weighted by Crippen LogP contribution is 2.42. The lowest BCUT2D eigenvalue weighted by atomic mass is 9.72. The Kier molecular flexibility index (Phi) is 6.93. The highest BCUT2D eigenvalue weighted by Gasteiger charge is 2.30. The Morgan fingerprint density at radius 3 is 2.78 bits per heavy atom. The Balaban J connectivity index is 2.92. The van der Waals surface area contributed by atoms with E-state index >= 15 is 0 Å². The molecule has 2 heteroatoms. The summed E-state index contributed by atoms with van der Waals surface area (Å²) in [7, 11) is 0. The van der Waals surface area contributed by atoms with Gasteiger partial charge in [0.1, 0.15) is 0 Å². The monoisotopic (exact) mass is 470 g/mol. The molecular formula is C16H24I2. The smallest absolute Gasteiger partial charge is 0.0131 e. The molecule has 1 atom stereocenters. The van der Waals surface area contributed by atoms with Crippen molar-refractivity contribution in [1.82, 2.24) is 0 Å². The van der Waals surface area contributed by atoms with Gasteiger partial charge in [0.25, 0.3) is 0 Å². The van der Waals surface area contributed by atoms with E-state index in [1.807, 2.05) is 0 Å². The first-order valence-electron chi connectivity index (χ1n) is 6.67. The summed E-state index contributed by atoms with van der Waals surface area (Å²) in [5, 5.41) is 0. The molecule has 0 heterocycles. The quantitative estimate of drug-likeness (QED) is 0.308. The highest BCUT2D eigenvalue weighted by molar-refractivity contribution is 14.1. The van der Waals surface area contributed by atoms with Crippen LogP contribution in [0.15, 0.2) is 31.5 Å². The lowest BCUT2D eigenvalue weighted by Gasteiger charge is -2.34. The SMILES string of the molecule is C=C1CC/C(I)=C\CC(C)(C)C(C/C(I)=C\C)C1. The van der Waals surface area contributed by atoms with Crippen molar-refractivity contribution in [2.75, 3.05) is 0 Å². The first-order chi connectivity index (χ1) is 8.35. The van der Waals surface area contributed by atoms with E-state index in [1.165, 1.54) is 38.4 Å². The van der Waals surface area contributed by atoms with Crippen LogP contribution in [0.3, 0.4) is 0 Å². The number of hydrogen-bond donors (Lipinski definition) is 0. The van der Waals surface area contributed by atoms with E-state index in [0.717, 1.165) is 6.42 Å². The van der Waals surface area contributed by atoms with Crippen LogP contribution in [-0.4, -0.2) is 0 Å². The molecule has 1 unspecified atom stereocenters. The van der Waals surface area contributed by atoms with Crippen molar-refractivity contribution in [1.29, 1.82) is 0 Å². The third-order valence-electron chi connectivity index (χ3n) is 3.96. The Bertz CT molecular complexity index is 361. The zero-order chi connectivity index (χ0) is 13.8. The maximum absolute atomic E-state index is 4.29. The van der Waals surface area contributed by atoms with Crippen LogP contribution < -0.4 is 0 Å². The zero-order valence-corrected chi connectivity index (χ0v) is 16.0. The number of halogens is 2. The molecule has 0 nitrogen and oxygen atoms in total. The van der Waals surface area contributed by atoms with E-state index in [-0.39, 0.29) is 0 Å². The molecular weight excluding hydrogens is 446 g/mol. The molecule has 0 saturated carbocycles. The maximum atomic E-state index is 4.29. The minimum Gasteiger partial charge on any atom is -0.0998 e. The summed E-state index contributed by atoms with van der Waals surface area (Å²) in [5.74, 6) is 0.714. The van der Waals surface area contributed by atoms with Crippen LogP contribution in [0.5, 0.6) is 0 Å². The van der Waals surface area contributed by atoms with Gasteiger partial charge in [0.15, 0.2) is 0 Å². The van der Waals surface area contributed by atoms with E-state index in [2.05, 4.69) is 84.7 Å². The van der Waals surface area contributed by atoms with Crippen molar-refractivity contribution in [2.24, 2.45) is 11.3 Å². The minimum absolute atomic E-state index is 0.364. The van der Waals surface area contributed by atoms with Gasteiger partial charge in [-0.3, -0.25) is 0 Å². The van der Waals surface area contributed by atoms with Gasteiger partial charge >= 0.3 is 0 Å². The molecule has 0 N–H and O–H groups in total. The van der Waals surface area contributed by atoms with Crippen molar-refractivity contribution >= 4 is 45.2 Å². The van der Waals surface area contributed by atoms with Gasteiger partial charge in [0, 0.05) is 0 Å². The molecule has 0 amide bonds. The Labute approximate surface area is 140 Å². The second-order valence-corrected chi connectivity index (χ2v) is 8.71. The average Bonchev–Trinajstić information content (AvgIpc) is 2.35. The molecule has 1 rings (SSSR count). The van der Waals surface area contributed by atoms with E-state index < -0.39 is 0 Å². The summed E-state index contributed by atoms with van der Waals surface area (Å²) in [6, 6.07) is 0. The van der Waals surface area contributed by atoms with Gasteiger partial charge in [-0.2, -0.15) is 0 Å². The third kappa shape index (κ3) is 5.35. The molecule has 0 aromatic carbocycles. The fourth-order valence-corrected chi connectivity index (χ4v) is 3.39. The van der Waals surface area contributed by atoms with E-state index in [9.17, 15) is 0 Å². The third-order valence-corrected chi connectivity index (χ3v) is 6.00. The zero-order valence-electron chi connectivity index (χ0n) is 11.7. The topological polar surface area (TPSA) is 0 Å². The molecule has 0 aromatic heterocycles. The lowest BCUT2D eigenvalue weighted by molar-refractivity contribution is 0.214. The predicted octanol–water partition coefficient (Wildman–Crippen LogP) is 6.81. The van der Waals surface area contributed by atoms with Crippen LogP contribution >= 0.6 is 45.2 Å². The van der Waals surface area contributed by atoms with Gasteiger partial charge < -0.3 is 0 Å². The van der Waals surface area contributed by atoms with E-state index in [4.69, 9.17) is 0 Å². The van der Waals surface area contributed by atoms with Crippen molar-refractivity contribution in [3.8, 4) is 0 Å². The number of allylic oxidation sites excluding steroid dienone is 5. The molecule has 1 aliphatic carbocycles. The Morgan fingerprint density at radius 2 is 2.17 bits per heavy atom. The second kappa shape index (κ2) is 7.46. The van der Waals surface area contributed by atoms with E-state index in [1.54, 1.807) is 0 Å². The molecule has 0 bridgehead atoms. The summed E-state index contributed by atoms with van der Waals surface area (Å²) >= 11 is 4.97. The van der Waals surface area contributed by atoms with Gasteiger partial charge in [0.2, 0.25) is 0 Å². The van der Waals surface area contributed by atoms with Crippen molar-refractivity contribution < 1.29 is 0 Å². The van der Waals surface area contributed by atoms with Gasteiger partial charge in [-0.25, -0.2) is 0 Å². The normalized spacial score (nSPS) is 28.9. The predicted molar refractivity (Wildman–Crippen MR) is 99.4 cm³/mol. The van der Waals surface area contributed by atoms with Crippen molar-refractivity contribution in [3.05, 3.63) is 31.5 Å². The van der Waals surface area contributed by atoms with Gasteiger partial charge in [-0.15, -0.1) is 0 Å². The van der Waals surface area contributed by atoms with Crippen LogP contribution in [0.25, 0.3) is 0 Å². The summed E-state index contributed by atoms with van der Waals surface area (Å²) in [6.45, 7) is 11.3. The minimum atomic E-state index is 0.364. The Morgan fingerprint density at radius 1 is 1.50 bits per heavy atom. The molecule has 102 valence electrons. The molecule has 0 aromatic rings. The van der Waals surface area contributed by atoms with Crippen molar-refractivity contribution in [2.45, 2.75) is 52.9 Å². The molecule has 0 spiro atoms. The highest BCUT2D eigenvalue weighted by atomic mass is 127. The van der Waals surface area contributed by atoms with Crippen LogP contribution in [0.2, 0.25) is 0 Å². The van der Waals surface area contributed by atoms with Gasteiger partial charge in [0.05, 0.1) is 0 Å². The molecule has 0 fully saturated rings. The summed E-state index contributed by atoms with van der Waals surface area (Å²) in [6.07, 6.45) is 10.6. The molecule has 0 saturated heterocycles. The largest absolute Gasteiger partial charge is 0.0998 e. The van der Waals surface area contributed by atoms with Crippen LogP contribution in [0, 0.1) is 11.3 Å². The van der Waals surface area contributed by atoms with Gasteiger partial charge in [-0.1, -0.05) is 38.2 Å². The number of rotatable bonds is 2. The summed E-state index contributed by atoms with van der Waals surface area (Å²) in [4.78, 5) is 0. The number of hydrogen-bond acceptors (Lipinski definition) is 0. The Hall–Kier alpha value is 0.680. The average molecular weight is 470 g/mol. The first kappa shape index (κ1) is 16.7. The molecule has 1 aliphatic rings. The lowest BCUT2D eigenvalue weighted by Crippen LogP contribution is -2.24. The summed E-state index contributed by atoms with van der Waals surface area (Å²) in [5.41, 5.74) is 1.79. The molecule has 18 heavy (non-hydrogen) atoms. The van der Waals surface area contributed by atoms with Crippen molar-refractivity contribution in [3.63, 3.8) is 0 Å². The summed E-state index contributed by atoms with van der Waals surface area (Å²) < 4.78 is 2.99. The van der Waals surface area contributed by atoms with E-state index in [0.29, 0.717) is 11.3 Å². The maximum Gasteiger partial charge on any atom is -0.0131 e. The van der Waals surface area contributed by atoms with Crippen LogP contribution in [0.4, 0.5) is 0 Å². The standard InChI is InChI=1S/C16H24I2/c1-5-14(17)11-13-10-12(2)6-7-15(18)8-9-16(13,3)4/h5,8,13H,2,6-7,9-11H2,1,3-4H3/b14-5+,15-8+. The van der Waals surface area contributed by atoms with Crippen LogP contribution in [-0.2, 0) is 0 Å². The fraction of sp³-hybridized carbons (Fsp3) is 0.625. The molecule has 0 radical (unpaired) electrons. The fourth-order valence-electron chi connectivity index (χ4n) is 2.37. The molecule has 0 aliphatic heterocycles. The second-order valence-electron chi connectivity index (χ2n) is 5.93.